The maximum absolute atomic E-state index is 16.8. The highest BCUT2D eigenvalue weighted by Gasteiger charge is 2.55. The van der Waals surface area contributed by atoms with Crippen LogP contribution in [0.4, 0.5) is 4.39 Å². The average Bonchev–Trinajstić information content (AvgIpc) is 3.70. The quantitative estimate of drug-likeness (QED) is 0.320. The lowest BCUT2D eigenvalue weighted by molar-refractivity contribution is -0.0770. The van der Waals surface area contributed by atoms with Gasteiger partial charge < -0.3 is 15.2 Å². The number of rotatable bonds is 5. The number of hydrogen-bond acceptors (Lipinski definition) is 8. The summed E-state index contributed by atoms with van der Waals surface area (Å²) in [6.07, 6.45) is 10.1. The first kappa shape index (κ1) is 26.4. The molecular weight excluding hydrogens is 533 g/mol. The van der Waals surface area contributed by atoms with Gasteiger partial charge in [0.2, 0.25) is 0 Å². The number of aliphatic hydroxyl groups is 1. The Hall–Kier alpha value is -3.21. The van der Waals surface area contributed by atoms with Crippen LogP contribution in [-0.4, -0.2) is 79.6 Å². The van der Waals surface area contributed by atoms with Gasteiger partial charge in [-0.3, -0.25) is 15.0 Å². The summed E-state index contributed by atoms with van der Waals surface area (Å²) in [6.45, 7) is 8.46. The SMILES string of the molecule is Cc1cc2[nH]ncc2c(-c2ncc3c(C4C(O)CC45CCCNC5)nc(OCC45CCCN4CCC5)nc3c2F)c1C. The van der Waals surface area contributed by atoms with Crippen molar-refractivity contribution in [3.05, 3.63) is 41.1 Å². The lowest BCUT2D eigenvalue weighted by atomic mass is 9.53. The largest absolute Gasteiger partial charge is 0.461 e. The summed E-state index contributed by atoms with van der Waals surface area (Å²) in [5, 5.41) is 23.3. The third-order valence-electron chi connectivity index (χ3n) is 10.9. The van der Waals surface area contributed by atoms with Gasteiger partial charge in [-0.25, -0.2) is 4.39 Å². The Morgan fingerprint density at radius 1 is 1.10 bits per heavy atom. The van der Waals surface area contributed by atoms with Crippen molar-refractivity contribution in [2.75, 3.05) is 32.8 Å². The predicted molar refractivity (Wildman–Crippen MR) is 158 cm³/mol. The average molecular weight is 572 g/mol. The number of piperidine rings is 1. The predicted octanol–water partition coefficient (Wildman–Crippen LogP) is 4.55. The Morgan fingerprint density at radius 2 is 1.93 bits per heavy atom. The summed E-state index contributed by atoms with van der Waals surface area (Å²) >= 11 is 0. The second kappa shape index (κ2) is 9.65. The zero-order chi connectivity index (χ0) is 28.6. The van der Waals surface area contributed by atoms with Crippen molar-refractivity contribution < 1.29 is 14.2 Å². The van der Waals surface area contributed by atoms with Crippen LogP contribution < -0.4 is 10.1 Å². The van der Waals surface area contributed by atoms with Gasteiger partial charge in [-0.1, -0.05) is 0 Å². The molecule has 0 radical (unpaired) electrons. The van der Waals surface area contributed by atoms with Gasteiger partial charge in [0.15, 0.2) is 5.82 Å². The molecule has 6 heterocycles. The van der Waals surface area contributed by atoms with Crippen LogP contribution >= 0.6 is 0 Å². The van der Waals surface area contributed by atoms with Crippen LogP contribution in [0.25, 0.3) is 33.1 Å². The van der Waals surface area contributed by atoms with Crippen molar-refractivity contribution in [3.8, 4) is 17.3 Å². The van der Waals surface area contributed by atoms with E-state index in [9.17, 15) is 5.11 Å². The Balaban J connectivity index is 1.28. The highest BCUT2D eigenvalue weighted by atomic mass is 19.1. The lowest BCUT2D eigenvalue weighted by Crippen LogP contribution is -2.57. The number of halogens is 1. The fourth-order valence-electron chi connectivity index (χ4n) is 8.64. The zero-order valence-electron chi connectivity index (χ0n) is 24.3. The number of hydrogen-bond donors (Lipinski definition) is 3. The van der Waals surface area contributed by atoms with E-state index < -0.39 is 11.9 Å². The van der Waals surface area contributed by atoms with Crippen LogP contribution in [0, 0.1) is 25.1 Å². The summed E-state index contributed by atoms with van der Waals surface area (Å²) in [5.41, 5.74) is 4.50. The van der Waals surface area contributed by atoms with Crippen molar-refractivity contribution >= 4 is 21.8 Å². The van der Waals surface area contributed by atoms with Gasteiger partial charge in [0, 0.05) is 35.0 Å². The van der Waals surface area contributed by atoms with Gasteiger partial charge in [0.25, 0.3) is 0 Å². The van der Waals surface area contributed by atoms with Crippen molar-refractivity contribution in [1.82, 2.24) is 35.4 Å². The van der Waals surface area contributed by atoms with E-state index in [1.54, 1.807) is 12.4 Å². The minimum atomic E-state index is -0.554. The molecule has 1 saturated carbocycles. The first-order valence-electron chi connectivity index (χ1n) is 15.5. The number of H-pyrrole nitrogens is 1. The van der Waals surface area contributed by atoms with Crippen molar-refractivity contribution in [2.24, 2.45) is 5.41 Å². The van der Waals surface area contributed by atoms with E-state index in [4.69, 9.17) is 19.7 Å². The molecule has 0 amide bonds. The molecule has 3 atom stereocenters. The number of aryl methyl sites for hydroxylation is 1. The zero-order valence-corrected chi connectivity index (χ0v) is 24.3. The molecule has 4 aliphatic rings. The van der Waals surface area contributed by atoms with Gasteiger partial charge in [-0.15, -0.1) is 0 Å². The molecule has 3 aliphatic heterocycles. The number of ether oxygens (including phenoxy) is 1. The number of nitrogens with zero attached hydrogens (tertiary/aromatic N) is 5. The Labute approximate surface area is 244 Å². The normalized spacial score (nSPS) is 27.1. The number of aromatic amines is 1. The Bertz CT molecular complexity index is 1680. The van der Waals surface area contributed by atoms with Crippen LogP contribution in [-0.2, 0) is 0 Å². The van der Waals surface area contributed by atoms with Crippen LogP contribution in [0.3, 0.4) is 0 Å². The standard InChI is InChI=1S/C32H38FN7O2/c1-18-12-22-20(15-36-39-22)24(19(18)2)29-26(33)28-21(14-35-29)27(25-23(41)13-31(25)6-3-9-34-16-31)37-30(38-28)42-17-32-7-4-10-40(32)11-5-8-32/h12,14-15,23,25,34,41H,3-11,13,16-17H2,1-2H3,(H,36,39). The van der Waals surface area contributed by atoms with E-state index in [1.165, 1.54) is 12.8 Å². The number of aromatic nitrogens is 5. The smallest absolute Gasteiger partial charge is 0.317 e. The molecule has 1 spiro atoms. The van der Waals surface area contributed by atoms with Crippen molar-refractivity contribution in [1.29, 1.82) is 0 Å². The second-order valence-corrected chi connectivity index (χ2v) is 13.2. The molecule has 4 aromatic rings. The van der Waals surface area contributed by atoms with Gasteiger partial charge in [-0.05, 0) is 101 Å². The van der Waals surface area contributed by atoms with E-state index in [-0.39, 0.29) is 34.1 Å². The fourth-order valence-corrected chi connectivity index (χ4v) is 8.64. The van der Waals surface area contributed by atoms with Gasteiger partial charge >= 0.3 is 6.01 Å². The van der Waals surface area contributed by atoms with Gasteiger partial charge in [0.05, 0.1) is 29.1 Å². The minimum Gasteiger partial charge on any atom is -0.461 e. The topological polar surface area (TPSA) is 112 Å². The maximum atomic E-state index is 16.8. The second-order valence-electron chi connectivity index (χ2n) is 13.2. The number of fused-ring (bicyclic) bond motifs is 3. The summed E-state index contributed by atoms with van der Waals surface area (Å²) in [5.74, 6) is -0.734. The molecule has 42 heavy (non-hydrogen) atoms. The molecule has 3 N–H and O–H groups in total. The fraction of sp³-hybridized carbons (Fsp3) is 0.562. The first-order valence-corrected chi connectivity index (χ1v) is 15.5. The van der Waals surface area contributed by atoms with Gasteiger partial charge in [-0.2, -0.15) is 15.1 Å². The highest BCUT2D eigenvalue weighted by Crippen LogP contribution is 2.57. The summed E-state index contributed by atoms with van der Waals surface area (Å²) in [4.78, 5) is 16.9. The third-order valence-corrected chi connectivity index (χ3v) is 10.9. The molecule has 220 valence electrons. The molecule has 1 aliphatic carbocycles. The lowest BCUT2D eigenvalue weighted by Gasteiger charge is -2.55. The molecule has 9 nitrogen and oxygen atoms in total. The van der Waals surface area contributed by atoms with E-state index in [1.807, 2.05) is 19.9 Å². The molecule has 3 unspecified atom stereocenters. The van der Waals surface area contributed by atoms with Crippen LogP contribution in [0.5, 0.6) is 6.01 Å². The Morgan fingerprint density at radius 3 is 2.69 bits per heavy atom. The van der Waals surface area contributed by atoms with Crippen LogP contribution in [0.15, 0.2) is 18.5 Å². The number of pyridine rings is 1. The molecule has 3 saturated heterocycles. The van der Waals surface area contributed by atoms with Crippen molar-refractivity contribution in [3.63, 3.8) is 0 Å². The van der Waals surface area contributed by atoms with Crippen molar-refractivity contribution in [2.45, 2.75) is 76.4 Å². The molecular formula is C32H38FN7O2. The van der Waals surface area contributed by atoms with E-state index in [2.05, 4.69) is 20.4 Å². The maximum Gasteiger partial charge on any atom is 0.317 e. The molecule has 0 bridgehead atoms. The molecule has 4 fully saturated rings. The van der Waals surface area contributed by atoms with Crippen LogP contribution in [0.2, 0.25) is 0 Å². The third kappa shape index (κ3) is 3.84. The van der Waals surface area contributed by atoms with E-state index in [0.29, 0.717) is 29.7 Å². The van der Waals surface area contributed by atoms with E-state index in [0.717, 1.165) is 73.9 Å². The Kier molecular flexibility index (Phi) is 6.07. The van der Waals surface area contributed by atoms with E-state index >= 15 is 4.39 Å². The minimum absolute atomic E-state index is 0.0104. The molecule has 10 heteroatoms. The first-order chi connectivity index (χ1) is 20.4. The molecule has 1 aromatic carbocycles. The molecule has 8 rings (SSSR count). The number of aliphatic hydroxyl groups excluding tert-OH is 1. The van der Waals surface area contributed by atoms with Crippen LogP contribution in [0.1, 0.15) is 67.7 Å². The van der Waals surface area contributed by atoms with Gasteiger partial charge in [0.1, 0.15) is 17.8 Å². The monoisotopic (exact) mass is 571 g/mol. The summed E-state index contributed by atoms with van der Waals surface area (Å²) in [7, 11) is 0. The highest BCUT2D eigenvalue weighted by molar-refractivity contribution is 5.98. The summed E-state index contributed by atoms with van der Waals surface area (Å²) in [6, 6.07) is 2.21. The molecule has 3 aromatic heterocycles. The number of nitrogens with one attached hydrogen (secondary N) is 2. The number of benzene rings is 1. The summed E-state index contributed by atoms with van der Waals surface area (Å²) < 4.78 is 23.2.